The Morgan fingerprint density at radius 3 is 2.48 bits per heavy atom. The van der Waals surface area contributed by atoms with E-state index in [-0.39, 0.29) is 23.8 Å². The van der Waals surface area contributed by atoms with Gasteiger partial charge in [-0.1, -0.05) is 78.3 Å². The van der Waals surface area contributed by atoms with Crippen molar-refractivity contribution in [3.63, 3.8) is 0 Å². The third-order valence-electron chi connectivity index (χ3n) is 6.02. The molecule has 1 heterocycles. The number of rotatable bonds is 4. The first-order valence-corrected chi connectivity index (χ1v) is 11.3. The van der Waals surface area contributed by atoms with E-state index in [2.05, 4.69) is 29.8 Å². The van der Waals surface area contributed by atoms with Gasteiger partial charge < -0.3 is 4.74 Å². The predicted molar refractivity (Wildman–Crippen MR) is 125 cm³/mol. The van der Waals surface area contributed by atoms with Crippen LogP contribution in [-0.2, 0) is 20.9 Å². The second-order valence-corrected chi connectivity index (χ2v) is 9.98. The van der Waals surface area contributed by atoms with Gasteiger partial charge in [0.15, 0.2) is 5.78 Å². The maximum atomic E-state index is 13.3. The number of aliphatic imine (C=N–C) groups is 1. The Kier molecular flexibility index (Phi) is 5.98. The van der Waals surface area contributed by atoms with E-state index >= 15 is 0 Å². The molecule has 4 rings (SSSR count). The quantitative estimate of drug-likeness (QED) is 0.504. The average molecular weight is 480 g/mol. The van der Waals surface area contributed by atoms with Gasteiger partial charge >= 0.3 is 5.97 Å². The molecule has 0 aromatic heterocycles. The lowest BCUT2D eigenvalue weighted by Crippen LogP contribution is -2.39. The Morgan fingerprint density at radius 2 is 1.77 bits per heavy atom. The fourth-order valence-corrected chi connectivity index (χ4v) is 5.16. The zero-order chi connectivity index (χ0) is 22.2. The number of hydrogen-bond acceptors (Lipinski definition) is 4. The third-order valence-corrected chi connectivity index (χ3v) is 6.74. The number of Topliss-reactive ketones (excluding diaryl/α,β-unsaturated/α-hetero) is 1. The van der Waals surface area contributed by atoms with E-state index in [4.69, 9.17) is 9.73 Å². The van der Waals surface area contributed by atoms with Crippen molar-refractivity contribution in [2.24, 2.45) is 16.3 Å². The van der Waals surface area contributed by atoms with Gasteiger partial charge in [0.2, 0.25) is 0 Å². The summed E-state index contributed by atoms with van der Waals surface area (Å²) in [6.45, 7) is 6.24. The Morgan fingerprint density at radius 1 is 1.10 bits per heavy atom. The standard InChI is InChI=1S/C26H26BrNO3/c1-16-22(25(30)31-15-17-9-5-4-6-10-17)23(18-11-7-8-12-19(18)27)24-20(28-16)13-26(2,3)14-21(24)29/h4-12,22-23H,13-15H2,1-3H3/t22?,23-/m0/s1. The highest BCUT2D eigenvalue weighted by Crippen LogP contribution is 2.49. The van der Waals surface area contributed by atoms with Crippen molar-refractivity contribution in [3.8, 4) is 0 Å². The van der Waals surface area contributed by atoms with E-state index in [1.807, 2.05) is 61.5 Å². The van der Waals surface area contributed by atoms with Gasteiger partial charge in [0.05, 0.1) is 0 Å². The molecular weight excluding hydrogens is 454 g/mol. The Balaban J connectivity index is 1.75. The van der Waals surface area contributed by atoms with Crippen LogP contribution in [0.3, 0.4) is 0 Å². The van der Waals surface area contributed by atoms with Crippen molar-refractivity contribution in [2.75, 3.05) is 0 Å². The highest BCUT2D eigenvalue weighted by atomic mass is 79.9. The number of halogens is 1. The van der Waals surface area contributed by atoms with Crippen molar-refractivity contribution in [1.82, 2.24) is 0 Å². The van der Waals surface area contributed by atoms with E-state index < -0.39 is 11.8 Å². The highest BCUT2D eigenvalue weighted by Gasteiger charge is 2.46. The molecule has 0 fully saturated rings. The molecule has 0 radical (unpaired) electrons. The monoisotopic (exact) mass is 479 g/mol. The minimum Gasteiger partial charge on any atom is -0.460 e. The minimum absolute atomic E-state index is 0.0733. The lowest BCUT2D eigenvalue weighted by Gasteiger charge is -2.39. The summed E-state index contributed by atoms with van der Waals surface area (Å²) in [4.78, 5) is 31.4. The van der Waals surface area contributed by atoms with E-state index in [0.717, 1.165) is 27.7 Å². The molecule has 0 N–H and O–H groups in total. The molecule has 4 nitrogen and oxygen atoms in total. The summed E-state index contributed by atoms with van der Waals surface area (Å²) in [5.74, 6) is -1.32. The largest absolute Gasteiger partial charge is 0.460 e. The van der Waals surface area contributed by atoms with Crippen LogP contribution in [0.15, 0.2) is 75.3 Å². The summed E-state index contributed by atoms with van der Waals surface area (Å²) in [5.41, 5.74) is 3.87. The van der Waals surface area contributed by atoms with Crippen molar-refractivity contribution in [3.05, 3.63) is 81.5 Å². The molecule has 2 aromatic rings. The topological polar surface area (TPSA) is 55.7 Å². The number of carbonyl (C=O) groups is 2. The Bertz CT molecular complexity index is 1080. The molecule has 0 amide bonds. The van der Waals surface area contributed by atoms with E-state index in [1.165, 1.54) is 0 Å². The van der Waals surface area contributed by atoms with Crippen molar-refractivity contribution < 1.29 is 14.3 Å². The number of esters is 1. The molecule has 2 aliphatic rings. The number of nitrogens with zero attached hydrogens (tertiary/aromatic N) is 1. The highest BCUT2D eigenvalue weighted by molar-refractivity contribution is 9.10. The first kappa shape index (κ1) is 21.7. The maximum absolute atomic E-state index is 13.3. The van der Waals surface area contributed by atoms with Crippen LogP contribution in [0.1, 0.15) is 50.7 Å². The van der Waals surface area contributed by atoms with Crippen LogP contribution < -0.4 is 0 Å². The van der Waals surface area contributed by atoms with Gasteiger partial charge in [-0.2, -0.15) is 0 Å². The molecule has 0 bridgehead atoms. The van der Waals surface area contributed by atoms with Crippen molar-refractivity contribution >= 4 is 33.4 Å². The lowest BCUT2D eigenvalue weighted by molar-refractivity contribution is -0.148. The molecule has 160 valence electrons. The smallest absolute Gasteiger partial charge is 0.315 e. The van der Waals surface area contributed by atoms with Gasteiger partial charge in [0.1, 0.15) is 12.5 Å². The molecule has 2 atom stereocenters. The zero-order valence-corrected chi connectivity index (χ0v) is 19.6. The van der Waals surface area contributed by atoms with Crippen LogP contribution >= 0.6 is 15.9 Å². The number of allylic oxidation sites excluding steroid dienone is 2. The summed E-state index contributed by atoms with van der Waals surface area (Å²) >= 11 is 3.64. The van der Waals surface area contributed by atoms with Crippen LogP contribution in [0, 0.1) is 11.3 Å². The van der Waals surface area contributed by atoms with Crippen LogP contribution in [0.4, 0.5) is 0 Å². The minimum atomic E-state index is -0.633. The summed E-state index contributed by atoms with van der Waals surface area (Å²) < 4.78 is 6.59. The molecule has 5 heteroatoms. The van der Waals surface area contributed by atoms with E-state index in [1.54, 1.807) is 0 Å². The van der Waals surface area contributed by atoms with Crippen molar-refractivity contribution in [1.29, 1.82) is 0 Å². The number of carbonyl (C=O) groups excluding carboxylic acids is 2. The summed E-state index contributed by atoms with van der Waals surface area (Å²) in [5, 5.41) is 0. The van der Waals surface area contributed by atoms with E-state index in [0.29, 0.717) is 17.7 Å². The van der Waals surface area contributed by atoms with Crippen molar-refractivity contribution in [2.45, 2.75) is 46.1 Å². The molecule has 0 saturated heterocycles. The molecule has 0 saturated carbocycles. The number of ether oxygens (including phenoxy) is 1. The Labute approximate surface area is 191 Å². The summed E-state index contributed by atoms with van der Waals surface area (Å²) in [6, 6.07) is 17.4. The van der Waals surface area contributed by atoms with Gasteiger partial charge in [0, 0.05) is 33.8 Å². The molecular formula is C26H26BrNO3. The van der Waals surface area contributed by atoms with Gasteiger partial charge in [0.25, 0.3) is 0 Å². The third kappa shape index (κ3) is 4.42. The normalized spacial score (nSPS) is 22.6. The molecule has 1 aliphatic carbocycles. The second-order valence-electron chi connectivity index (χ2n) is 9.12. The number of hydrogen-bond donors (Lipinski definition) is 0. The Hall–Kier alpha value is -2.53. The predicted octanol–water partition coefficient (Wildman–Crippen LogP) is 6.01. The first-order valence-electron chi connectivity index (χ1n) is 10.5. The van der Waals surface area contributed by atoms with Crippen LogP contribution in [0.2, 0.25) is 0 Å². The fourth-order valence-electron chi connectivity index (χ4n) is 4.63. The number of benzene rings is 2. The van der Waals surface area contributed by atoms with Crippen LogP contribution in [0.5, 0.6) is 0 Å². The van der Waals surface area contributed by atoms with E-state index in [9.17, 15) is 9.59 Å². The number of ketones is 1. The molecule has 1 unspecified atom stereocenters. The lowest BCUT2D eigenvalue weighted by atomic mass is 9.67. The van der Waals surface area contributed by atoms with Gasteiger partial charge in [-0.15, -0.1) is 0 Å². The molecule has 1 aliphatic heterocycles. The summed E-state index contributed by atoms with van der Waals surface area (Å²) in [7, 11) is 0. The van der Waals surface area contributed by atoms with Crippen LogP contribution in [0.25, 0.3) is 0 Å². The van der Waals surface area contributed by atoms with Gasteiger partial charge in [-0.3, -0.25) is 14.6 Å². The van der Waals surface area contributed by atoms with Gasteiger partial charge in [-0.25, -0.2) is 0 Å². The maximum Gasteiger partial charge on any atom is 0.315 e. The zero-order valence-electron chi connectivity index (χ0n) is 18.0. The SMILES string of the molecule is CC1=NC2=C(C(=O)CC(C)(C)C2)[C@@H](c2ccccc2Br)C1C(=O)OCc1ccccc1. The average Bonchev–Trinajstić information content (AvgIpc) is 2.71. The second kappa shape index (κ2) is 8.54. The first-order chi connectivity index (χ1) is 14.8. The molecule has 0 spiro atoms. The van der Waals surface area contributed by atoms with Crippen LogP contribution in [-0.4, -0.2) is 17.5 Å². The molecule has 31 heavy (non-hydrogen) atoms. The fraction of sp³-hybridized carbons (Fsp3) is 0.346. The summed E-state index contributed by atoms with van der Waals surface area (Å²) in [6.07, 6.45) is 1.17. The molecule has 2 aromatic carbocycles. The van der Waals surface area contributed by atoms with Gasteiger partial charge in [-0.05, 0) is 36.0 Å².